The highest BCUT2D eigenvalue weighted by Gasteiger charge is 2.29. The number of halogens is 3. The number of pyridine rings is 1. The second kappa shape index (κ2) is 8.57. The molecule has 156 valence electrons. The van der Waals surface area contributed by atoms with Gasteiger partial charge in [0.15, 0.2) is 0 Å². The fraction of sp³-hybridized carbons (Fsp3) is 0.217. The average molecular weight is 413 g/mol. The van der Waals surface area contributed by atoms with Crippen molar-refractivity contribution in [3.05, 3.63) is 71.4 Å². The zero-order valence-electron chi connectivity index (χ0n) is 16.7. The number of likely N-dealkylation sites (N-methyl/N-ethyl adjacent to an activating group) is 1. The smallest absolute Gasteiger partial charge is 0.398 e. The quantitative estimate of drug-likeness (QED) is 0.565. The molecule has 0 aliphatic carbocycles. The summed E-state index contributed by atoms with van der Waals surface area (Å²) >= 11 is 0. The third-order valence-corrected chi connectivity index (χ3v) is 4.76. The maximum Gasteiger partial charge on any atom is 0.416 e. The summed E-state index contributed by atoms with van der Waals surface area (Å²) < 4.78 is 37.9. The number of rotatable bonds is 5. The van der Waals surface area contributed by atoms with Crippen LogP contribution in [0.4, 0.5) is 24.5 Å². The molecule has 0 saturated carbocycles. The number of nitrogens with zero attached hydrogens (tertiary/aromatic N) is 2. The second-order valence-corrected chi connectivity index (χ2v) is 7.00. The number of benzene rings is 2. The number of hydrogen-bond acceptors (Lipinski definition) is 3. The molecule has 1 heterocycles. The molecule has 0 aliphatic rings. The lowest BCUT2D eigenvalue weighted by molar-refractivity contribution is -0.137. The van der Waals surface area contributed by atoms with Crippen LogP contribution in [0.2, 0.25) is 0 Å². The predicted molar refractivity (Wildman–Crippen MR) is 114 cm³/mol. The molecule has 0 aliphatic heterocycles. The molecule has 1 amide bonds. The first-order valence-corrected chi connectivity index (χ1v) is 9.51. The van der Waals surface area contributed by atoms with Gasteiger partial charge in [0.1, 0.15) is 0 Å². The largest absolute Gasteiger partial charge is 0.416 e. The number of carbonyl (C=O) groups is 1. The number of anilines is 2. The highest BCUT2D eigenvalue weighted by molar-refractivity contribution is 6.05. The van der Waals surface area contributed by atoms with Crippen LogP contribution in [0, 0.1) is 0 Å². The van der Waals surface area contributed by atoms with Crippen LogP contribution >= 0.6 is 0 Å². The van der Waals surface area contributed by atoms with E-state index in [-0.39, 0.29) is 5.91 Å². The lowest BCUT2D eigenvalue weighted by Crippen LogP contribution is -2.23. The highest BCUT2D eigenvalue weighted by atomic mass is 19.4. The molecule has 30 heavy (non-hydrogen) atoms. The molecule has 0 bridgehead atoms. The summed E-state index contributed by atoms with van der Waals surface area (Å²) in [4.78, 5) is 18.6. The first-order chi connectivity index (χ1) is 14.2. The van der Waals surface area contributed by atoms with Crippen molar-refractivity contribution in [2.45, 2.75) is 25.9 Å². The molecule has 0 radical (unpaired) electrons. The minimum atomic E-state index is -4.39. The van der Waals surface area contributed by atoms with Gasteiger partial charge in [0, 0.05) is 35.6 Å². The molecule has 1 aromatic heterocycles. The van der Waals surface area contributed by atoms with E-state index in [0.29, 0.717) is 16.9 Å². The van der Waals surface area contributed by atoms with Crippen LogP contribution in [0.15, 0.2) is 54.6 Å². The summed E-state index contributed by atoms with van der Waals surface area (Å²) in [6, 6.07) is 11.9. The normalized spacial score (nSPS) is 11.9. The Balaban J connectivity index is 1.78. The summed E-state index contributed by atoms with van der Waals surface area (Å²) in [5, 5.41) is 0.763. The maximum absolute atomic E-state index is 12.6. The molecule has 0 unspecified atom stereocenters. The van der Waals surface area contributed by atoms with Gasteiger partial charge in [-0.05, 0) is 54.5 Å². The van der Waals surface area contributed by atoms with Crippen molar-refractivity contribution >= 4 is 34.3 Å². The van der Waals surface area contributed by atoms with E-state index >= 15 is 0 Å². The van der Waals surface area contributed by atoms with E-state index in [1.165, 1.54) is 29.2 Å². The van der Waals surface area contributed by atoms with Gasteiger partial charge in [-0.25, -0.2) is 0 Å². The lowest BCUT2D eigenvalue weighted by atomic mass is 10.1. The summed E-state index contributed by atoms with van der Waals surface area (Å²) in [6.07, 6.45) is 0.224. The third-order valence-electron chi connectivity index (χ3n) is 4.76. The number of fused-ring (bicyclic) bond motifs is 1. The van der Waals surface area contributed by atoms with Crippen molar-refractivity contribution in [3.63, 3.8) is 0 Å². The van der Waals surface area contributed by atoms with Crippen LogP contribution in [0.5, 0.6) is 0 Å². The minimum Gasteiger partial charge on any atom is -0.398 e. The molecular weight excluding hydrogens is 391 g/mol. The van der Waals surface area contributed by atoms with Crippen LogP contribution in [0.25, 0.3) is 17.0 Å². The average Bonchev–Trinajstić information content (AvgIpc) is 2.71. The Kier molecular flexibility index (Phi) is 6.10. The molecule has 7 heteroatoms. The van der Waals surface area contributed by atoms with E-state index in [0.717, 1.165) is 41.6 Å². The standard InChI is InChI=1S/C23H22F3N3O/c1-3-4-17-13-20(27)19-14-18(10-11-21(19)28-17)29(2)22(30)12-7-15-5-8-16(9-6-15)23(24,25)26/h5-14H,3-4H2,1-2H3,(H2,27,28). The number of hydrogen-bond donors (Lipinski definition) is 1. The number of alkyl halides is 3. The molecule has 0 saturated heterocycles. The van der Waals surface area contributed by atoms with E-state index < -0.39 is 11.7 Å². The van der Waals surface area contributed by atoms with E-state index in [2.05, 4.69) is 11.9 Å². The van der Waals surface area contributed by atoms with Crippen molar-refractivity contribution in [1.29, 1.82) is 0 Å². The topological polar surface area (TPSA) is 59.2 Å². The van der Waals surface area contributed by atoms with Gasteiger partial charge in [0.05, 0.1) is 11.1 Å². The second-order valence-electron chi connectivity index (χ2n) is 7.00. The van der Waals surface area contributed by atoms with Gasteiger partial charge in [0.2, 0.25) is 0 Å². The molecule has 0 spiro atoms. The van der Waals surface area contributed by atoms with E-state index in [1.807, 2.05) is 12.1 Å². The van der Waals surface area contributed by atoms with E-state index in [1.54, 1.807) is 19.2 Å². The molecule has 3 rings (SSSR count). The minimum absolute atomic E-state index is 0.316. The molecule has 0 fully saturated rings. The number of aromatic nitrogens is 1. The Morgan fingerprint density at radius 1 is 1.13 bits per heavy atom. The fourth-order valence-electron chi connectivity index (χ4n) is 3.08. The van der Waals surface area contributed by atoms with Gasteiger partial charge in [-0.2, -0.15) is 13.2 Å². The van der Waals surface area contributed by atoms with Crippen LogP contribution in [-0.2, 0) is 17.4 Å². The Morgan fingerprint density at radius 3 is 2.47 bits per heavy atom. The Bertz CT molecular complexity index is 1090. The Hall–Kier alpha value is -3.35. The number of carbonyl (C=O) groups excluding carboxylic acids is 1. The van der Waals surface area contributed by atoms with Gasteiger partial charge in [-0.15, -0.1) is 0 Å². The van der Waals surface area contributed by atoms with Crippen LogP contribution in [0.3, 0.4) is 0 Å². The Morgan fingerprint density at radius 2 is 1.83 bits per heavy atom. The molecule has 0 atom stereocenters. The van der Waals surface area contributed by atoms with Gasteiger partial charge < -0.3 is 10.6 Å². The fourth-order valence-corrected chi connectivity index (χ4v) is 3.08. The molecule has 2 aromatic carbocycles. The Labute approximate surface area is 172 Å². The number of amides is 1. The number of nitrogens with two attached hydrogens (primary N) is 1. The van der Waals surface area contributed by atoms with Gasteiger partial charge in [-0.3, -0.25) is 9.78 Å². The van der Waals surface area contributed by atoms with E-state index in [4.69, 9.17) is 5.73 Å². The zero-order chi connectivity index (χ0) is 21.9. The highest BCUT2D eigenvalue weighted by Crippen LogP contribution is 2.29. The van der Waals surface area contributed by atoms with Gasteiger partial charge >= 0.3 is 6.18 Å². The van der Waals surface area contributed by atoms with Crippen molar-refractivity contribution in [1.82, 2.24) is 4.98 Å². The molecule has 4 nitrogen and oxygen atoms in total. The monoisotopic (exact) mass is 413 g/mol. The zero-order valence-corrected chi connectivity index (χ0v) is 16.7. The van der Waals surface area contributed by atoms with Gasteiger partial charge in [-0.1, -0.05) is 25.5 Å². The molecule has 2 N–H and O–H groups in total. The summed E-state index contributed by atoms with van der Waals surface area (Å²) in [6.45, 7) is 2.07. The lowest BCUT2D eigenvalue weighted by Gasteiger charge is -2.16. The number of aryl methyl sites for hydroxylation is 1. The molecular formula is C23H22F3N3O. The van der Waals surface area contributed by atoms with Crippen molar-refractivity contribution < 1.29 is 18.0 Å². The maximum atomic E-state index is 12.6. The first kappa shape index (κ1) is 21.4. The summed E-state index contributed by atoms with van der Waals surface area (Å²) in [5.74, 6) is -0.316. The molecule has 3 aromatic rings. The van der Waals surface area contributed by atoms with Crippen LogP contribution in [0.1, 0.15) is 30.2 Å². The third kappa shape index (κ3) is 4.79. The SMILES string of the molecule is CCCc1cc(N)c2cc(N(C)C(=O)C=Cc3ccc(C(F)(F)F)cc3)ccc2n1. The van der Waals surface area contributed by atoms with Crippen LogP contribution < -0.4 is 10.6 Å². The van der Waals surface area contributed by atoms with E-state index in [9.17, 15) is 18.0 Å². The number of nitrogen functional groups attached to an aromatic ring is 1. The van der Waals surface area contributed by atoms with Crippen LogP contribution in [-0.4, -0.2) is 17.9 Å². The van der Waals surface area contributed by atoms with Gasteiger partial charge in [0.25, 0.3) is 5.91 Å². The summed E-state index contributed by atoms with van der Waals surface area (Å²) in [5.41, 5.74) is 8.88. The first-order valence-electron chi connectivity index (χ1n) is 9.51. The predicted octanol–water partition coefficient (Wildman–Crippen LogP) is 5.46. The van der Waals surface area contributed by atoms with Crippen molar-refractivity contribution in [2.24, 2.45) is 0 Å². The van der Waals surface area contributed by atoms with Crippen molar-refractivity contribution in [2.75, 3.05) is 17.7 Å². The summed E-state index contributed by atoms with van der Waals surface area (Å²) in [7, 11) is 1.62. The van der Waals surface area contributed by atoms with Crippen molar-refractivity contribution in [3.8, 4) is 0 Å².